The summed E-state index contributed by atoms with van der Waals surface area (Å²) in [4.78, 5) is 11.8. The minimum atomic E-state index is -4.02. The quantitative estimate of drug-likeness (QED) is 0.566. The second-order valence-electron chi connectivity index (χ2n) is 7.28. The second-order valence-corrected chi connectivity index (χ2v) is 8.70. The van der Waals surface area contributed by atoms with Crippen LogP contribution in [0.3, 0.4) is 0 Å². The van der Waals surface area contributed by atoms with Crippen molar-refractivity contribution in [1.82, 2.24) is 0 Å². The number of aryl methyl sites for hydroxylation is 1. The fourth-order valence-electron chi connectivity index (χ4n) is 3.10. The van der Waals surface area contributed by atoms with Crippen LogP contribution in [0, 0.1) is 6.92 Å². The Balaban J connectivity index is 0.000000234. The van der Waals surface area contributed by atoms with Gasteiger partial charge in [-0.15, -0.1) is 0 Å². The number of ether oxygens (including phenoxy) is 1. The number of carbonyl (C=O) groups excluding carboxylic acids is 1. The molecular weight excluding hydrogens is 390 g/mol. The van der Waals surface area contributed by atoms with Crippen molar-refractivity contribution in [2.24, 2.45) is 5.73 Å². The van der Waals surface area contributed by atoms with Gasteiger partial charge in [-0.2, -0.15) is 8.42 Å². The van der Waals surface area contributed by atoms with Gasteiger partial charge in [0.25, 0.3) is 10.1 Å². The van der Waals surface area contributed by atoms with Gasteiger partial charge in [0.05, 0.1) is 4.90 Å². The molecule has 0 radical (unpaired) electrons. The Morgan fingerprint density at radius 2 is 1.66 bits per heavy atom. The lowest BCUT2D eigenvalue weighted by Gasteiger charge is -2.23. The summed E-state index contributed by atoms with van der Waals surface area (Å²) in [5.41, 5.74) is 7.92. The van der Waals surface area contributed by atoms with Gasteiger partial charge in [-0.3, -0.25) is 9.35 Å². The summed E-state index contributed by atoms with van der Waals surface area (Å²) in [5.74, 6) is -0.259. The smallest absolute Gasteiger partial charge is 0.323 e. The third-order valence-electron chi connectivity index (χ3n) is 4.76. The van der Waals surface area contributed by atoms with E-state index in [0.29, 0.717) is 6.42 Å². The Hall–Kier alpha value is -2.22. The van der Waals surface area contributed by atoms with Crippen LogP contribution in [-0.4, -0.2) is 31.1 Å². The Morgan fingerprint density at radius 3 is 2.21 bits per heavy atom. The zero-order valence-electron chi connectivity index (χ0n) is 16.7. The van der Waals surface area contributed by atoms with Crippen molar-refractivity contribution in [3.05, 3.63) is 65.7 Å². The first-order valence-corrected chi connectivity index (χ1v) is 11.2. The molecule has 0 spiro atoms. The fourth-order valence-corrected chi connectivity index (χ4v) is 3.58. The van der Waals surface area contributed by atoms with Crippen LogP contribution in [0.25, 0.3) is 0 Å². The maximum absolute atomic E-state index is 11.9. The van der Waals surface area contributed by atoms with Crippen molar-refractivity contribution >= 4 is 16.1 Å². The largest absolute Gasteiger partial charge is 0.461 e. The van der Waals surface area contributed by atoms with Crippen LogP contribution in [0.5, 0.6) is 0 Å². The zero-order valence-corrected chi connectivity index (χ0v) is 17.5. The van der Waals surface area contributed by atoms with Crippen molar-refractivity contribution in [1.29, 1.82) is 0 Å². The summed E-state index contributed by atoms with van der Waals surface area (Å²) in [6.07, 6.45) is 6.19. The maximum Gasteiger partial charge on any atom is 0.323 e. The van der Waals surface area contributed by atoms with Crippen LogP contribution in [0.1, 0.15) is 43.2 Å². The lowest BCUT2D eigenvalue weighted by Crippen LogP contribution is -2.37. The van der Waals surface area contributed by atoms with E-state index in [4.69, 9.17) is 15.0 Å². The average Bonchev–Trinajstić information content (AvgIpc) is 2.69. The number of benzene rings is 2. The van der Waals surface area contributed by atoms with E-state index < -0.39 is 16.2 Å². The lowest BCUT2D eigenvalue weighted by atomic mass is 9.97. The molecule has 3 rings (SSSR count). The molecule has 7 heteroatoms. The van der Waals surface area contributed by atoms with Crippen molar-refractivity contribution in [2.45, 2.75) is 62.5 Å². The molecule has 0 aromatic heterocycles. The summed E-state index contributed by atoms with van der Waals surface area (Å²) >= 11 is 0. The van der Waals surface area contributed by atoms with Crippen molar-refractivity contribution in [3.63, 3.8) is 0 Å². The number of hydrogen-bond acceptors (Lipinski definition) is 5. The molecule has 158 valence electrons. The molecule has 1 aliphatic carbocycles. The molecule has 1 aliphatic rings. The Bertz CT molecular complexity index is 860. The van der Waals surface area contributed by atoms with Crippen LogP contribution in [0.2, 0.25) is 0 Å². The summed E-state index contributed by atoms with van der Waals surface area (Å²) in [5, 5.41) is 0. The number of nitrogens with two attached hydrogens (primary N) is 1. The number of carbonyl (C=O) groups is 1. The van der Waals surface area contributed by atoms with Gasteiger partial charge in [0, 0.05) is 0 Å². The molecular formula is C22H29NO5S. The van der Waals surface area contributed by atoms with Crippen molar-refractivity contribution < 1.29 is 22.5 Å². The number of esters is 1. The normalized spacial score (nSPS) is 15.7. The van der Waals surface area contributed by atoms with Gasteiger partial charge in [-0.05, 0) is 56.7 Å². The molecule has 1 atom stereocenters. The lowest BCUT2D eigenvalue weighted by molar-refractivity contribution is -0.152. The zero-order chi connectivity index (χ0) is 21.3. The third kappa shape index (κ3) is 8.35. The molecule has 1 fully saturated rings. The van der Waals surface area contributed by atoms with E-state index in [2.05, 4.69) is 0 Å². The van der Waals surface area contributed by atoms with Gasteiger partial charge >= 0.3 is 5.97 Å². The topological polar surface area (TPSA) is 107 Å². The summed E-state index contributed by atoms with van der Waals surface area (Å²) in [6, 6.07) is 15.3. The molecule has 0 heterocycles. The van der Waals surface area contributed by atoms with E-state index in [0.717, 1.165) is 36.8 Å². The first kappa shape index (κ1) is 23.1. The van der Waals surface area contributed by atoms with Crippen molar-refractivity contribution in [3.8, 4) is 0 Å². The van der Waals surface area contributed by atoms with E-state index in [1.165, 1.54) is 18.6 Å². The standard InChI is InChI=1S/C15H21NO2.C7H8O3S/c16-14(11-12-7-3-1-4-8-12)15(17)18-13-9-5-2-6-10-13;1-6-2-4-7(5-3-6)11(8,9)10/h1,3-4,7-8,13-14H,2,5-6,9-11,16H2;2-5H,1H3,(H,8,9,10)/t14-;/m0./s1. The molecule has 3 N–H and O–H groups in total. The highest BCUT2D eigenvalue weighted by atomic mass is 32.2. The van der Waals surface area contributed by atoms with Gasteiger partial charge in [0.15, 0.2) is 0 Å². The first-order chi connectivity index (χ1) is 13.8. The highest BCUT2D eigenvalue weighted by Gasteiger charge is 2.22. The van der Waals surface area contributed by atoms with E-state index in [9.17, 15) is 13.2 Å². The Morgan fingerprint density at radius 1 is 1.07 bits per heavy atom. The van der Waals surface area contributed by atoms with Crippen molar-refractivity contribution in [2.75, 3.05) is 0 Å². The van der Waals surface area contributed by atoms with E-state index in [-0.39, 0.29) is 17.0 Å². The van der Waals surface area contributed by atoms with Crippen LogP contribution < -0.4 is 5.73 Å². The molecule has 0 bridgehead atoms. The second kappa shape index (κ2) is 11.1. The van der Waals surface area contributed by atoms with Gasteiger partial charge in [-0.1, -0.05) is 54.4 Å². The van der Waals surface area contributed by atoms with Crippen LogP contribution in [-0.2, 0) is 26.1 Å². The Labute approximate surface area is 172 Å². The van der Waals surface area contributed by atoms with Gasteiger partial charge < -0.3 is 10.5 Å². The highest BCUT2D eigenvalue weighted by Crippen LogP contribution is 2.20. The van der Waals surface area contributed by atoms with E-state index in [1.807, 2.05) is 37.3 Å². The number of rotatable bonds is 5. The maximum atomic E-state index is 11.9. The SMILES string of the molecule is Cc1ccc(S(=O)(=O)O)cc1.N[C@@H](Cc1ccccc1)C(=O)OC1CCCCC1. The van der Waals surface area contributed by atoms with Gasteiger partial charge in [-0.25, -0.2) is 0 Å². The van der Waals surface area contributed by atoms with E-state index >= 15 is 0 Å². The van der Waals surface area contributed by atoms with Gasteiger partial charge in [0.1, 0.15) is 12.1 Å². The summed E-state index contributed by atoms with van der Waals surface area (Å²) in [6.45, 7) is 1.84. The third-order valence-corrected chi connectivity index (χ3v) is 5.62. The molecule has 2 aromatic carbocycles. The monoisotopic (exact) mass is 419 g/mol. The predicted octanol–water partition coefficient (Wildman–Crippen LogP) is 3.67. The minimum absolute atomic E-state index is 0.0666. The van der Waals surface area contributed by atoms with Gasteiger partial charge in [0.2, 0.25) is 0 Å². The molecule has 2 aromatic rings. The molecule has 6 nitrogen and oxygen atoms in total. The fraction of sp³-hybridized carbons (Fsp3) is 0.409. The molecule has 29 heavy (non-hydrogen) atoms. The number of hydrogen-bond donors (Lipinski definition) is 2. The highest BCUT2D eigenvalue weighted by molar-refractivity contribution is 7.85. The molecule has 0 amide bonds. The molecule has 0 saturated heterocycles. The first-order valence-electron chi connectivity index (χ1n) is 9.80. The van der Waals surface area contributed by atoms with Crippen LogP contribution in [0.4, 0.5) is 0 Å². The molecule has 0 aliphatic heterocycles. The summed E-state index contributed by atoms with van der Waals surface area (Å²) in [7, 11) is -4.02. The van der Waals surface area contributed by atoms with Crippen LogP contribution >= 0.6 is 0 Å². The molecule has 0 unspecified atom stereocenters. The minimum Gasteiger partial charge on any atom is -0.461 e. The van der Waals surface area contributed by atoms with E-state index in [1.54, 1.807) is 12.1 Å². The average molecular weight is 420 g/mol. The molecule has 1 saturated carbocycles. The Kier molecular flexibility index (Phi) is 8.82. The van der Waals surface area contributed by atoms with Crippen LogP contribution in [0.15, 0.2) is 59.5 Å². The summed E-state index contributed by atoms with van der Waals surface area (Å²) < 4.78 is 35.0. The predicted molar refractivity (Wildman–Crippen MR) is 112 cm³/mol.